The van der Waals surface area contributed by atoms with E-state index in [0.29, 0.717) is 5.92 Å². The fourth-order valence-electron chi connectivity index (χ4n) is 6.45. The van der Waals surface area contributed by atoms with E-state index in [9.17, 15) is 0 Å². The summed E-state index contributed by atoms with van der Waals surface area (Å²) in [5, 5.41) is 6.97. The Bertz CT molecular complexity index is 1970. The molecule has 174 valence electrons. The first-order valence-electron chi connectivity index (χ1n) is 12.9. The van der Waals surface area contributed by atoms with Gasteiger partial charge in [0.2, 0.25) is 0 Å². The van der Waals surface area contributed by atoms with Crippen LogP contribution in [0.5, 0.6) is 0 Å². The van der Waals surface area contributed by atoms with Gasteiger partial charge in [-0.3, -0.25) is 4.98 Å². The van der Waals surface area contributed by atoms with E-state index < -0.39 is 0 Å². The van der Waals surface area contributed by atoms with E-state index in [-0.39, 0.29) is 0 Å². The van der Waals surface area contributed by atoms with Crippen LogP contribution in [0.3, 0.4) is 0 Å². The molecule has 0 spiro atoms. The third kappa shape index (κ3) is 2.77. The van der Waals surface area contributed by atoms with Gasteiger partial charge in [-0.15, -0.1) is 0 Å². The third-order valence-electron chi connectivity index (χ3n) is 8.10. The Morgan fingerprint density at radius 3 is 2.14 bits per heavy atom. The average molecular weight is 468 g/mol. The number of fused-ring (bicyclic) bond motifs is 8. The Hall–Kier alpha value is -4.11. The summed E-state index contributed by atoms with van der Waals surface area (Å²) in [6, 6.07) is 25.5. The topological polar surface area (TPSA) is 39.2 Å². The number of aromatic nitrogens is 1. The highest BCUT2D eigenvalue weighted by molar-refractivity contribution is 6.19. The largest absolute Gasteiger partial charge is 0.455 e. The zero-order valence-corrected chi connectivity index (χ0v) is 20.2. The second kappa shape index (κ2) is 7.44. The molecule has 0 saturated heterocycles. The van der Waals surface area contributed by atoms with Crippen molar-refractivity contribution < 1.29 is 8.83 Å². The fraction of sp³-hybridized carbons (Fsp3) is 0.182. The first-order valence-corrected chi connectivity index (χ1v) is 12.9. The molecule has 0 unspecified atom stereocenters. The molecule has 1 saturated carbocycles. The standard InChI is InChI=1S/C33H25NO2/c1-19-16-25-22-11-5-7-13-29(22)35-32(25)26(17-19)31-24-15-14-23-21-10-4-6-12-28(21)36-33(23)30(24)27(18-34-31)20-8-2-3-9-20/h4-7,10-18,20H,2-3,8-9H2,1H3. The Balaban J connectivity index is 1.51. The fourth-order valence-corrected chi connectivity index (χ4v) is 6.45. The van der Waals surface area contributed by atoms with Crippen LogP contribution in [-0.2, 0) is 0 Å². The number of rotatable bonds is 2. The minimum Gasteiger partial charge on any atom is -0.455 e. The zero-order chi connectivity index (χ0) is 23.8. The summed E-state index contributed by atoms with van der Waals surface area (Å²) in [6.07, 6.45) is 7.11. The highest BCUT2D eigenvalue weighted by Crippen LogP contribution is 2.45. The summed E-state index contributed by atoms with van der Waals surface area (Å²) in [4.78, 5) is 5.14. The molecule has 1 aliphatic rings. The highest BCUT2D eigenvalue weighted by Gasteiger charge is 2.25. The first-order chi connectivity index (χ1) is 17.8. The SMILES string of the molecule is Cc1cc(-c2ncc(C3CCCC3)c3c2ccc2c4ccccc4oc23)c2oc3ccccc3c2c1. The summed E-state index contributed by atoms with van der Waals surface area (Å²) in [5.74, 6) is 0.525. The van der Waals surface area contributed by atoms with Crippen molar-refractivity contribution in [2.45, 2.75) is 38.5 Å². The second-order valence-corrected chi connectivity index (χ2v) is 10.3. The number of para-hydroxylation sites is 2. The van der Waals surface area contributed by atoms with Crippen LogP contribution in [0.2, 0.25) is 0 Å². The molecular weight excluding hydrogens is 442 g/mol. The third-order valence-corrected chi connectivity index (χ3v) is 8.10. The van der Waals surface area contributed by atoms with Gasteiger partial charge >= 0.3 is 0 Å². The molecule has 0 amide bonds. The molecule has 1 aliphatic carbocycles. The lowest BCUT2D eigenvalue weighted by Gasteiger charge is -2.16. The summed E-state index contributed by atoms with van der Waals surface area (Å²) in [5.41, 5.74) is 8.24. The van der Waals surface area contributed by atoms with E-state index in [4.69, 9.17) is 13.8 Å². The maximum Gasteiger partial charge on any atom is 0.144 e. The Kier molecular flexibility index (Phi) is 4.16. The molecule has 0 aliphatic heterocycles. The van der Waals surface area contributed by atoms with Gasteiger partial charge < -0.3 is 8.83 Å². The predicted molar refractivity (Wildman–Crippen MR) is 148 cm³/mol. The molecule has 7 aromatic rings. The van der Waals surface area contributed by atoms with E-state index in [2.05, 4.69) is 67.7 Å². The Morgan fingerprint density at radius 1 is 0.694 bits per heavy atom. The van der Waals surface area contributed by atoms with Gasteiger partial charge in [0.25, 0.3) is 0 Å². The van der Waals surface area contributed by atoms with Gasteiger partial charge in [-0.2, -0.15) is 0 Å². The molecule has 3 nitrogen and oxygen atoms in total. The number of hydrogen-bond donors (Lipinski definition) is 0. The molecule has 0 radical (unpaired) electrons. The van der Waals surface area contributed by atoms with Crippen LogP contribution >= 0.6 is 0 Å². The average Bonchev–Trinajstić information content (AvgIpc) is 3.65. The zero-order valence-electron chi connectivity index (χ0n) is 20.2. The van der Waals surface area contributed by atoms with Gasteiger partial charge in [0.1, 0.15) is 22.3 Å². The first kappa shape index (κ1) is 20.1. The van der Waals surface area contributed by atoms with Gasteiger partial charge in [0.05, 0.1) is 5.69 Å². The van der Waals surface area contributed by atoms with Gasteiger partial charge in [0.15, 0.2) is 0 Å². The lowest BCUT2D eigenvalue weighted by atomic mass is 9.90. The Labute approximate surface area is 208 Å². The molecule has 3 heteroatoms. The van der Waals surface area contributed by atoms with Gasteiger partial charge in [-0.25, -0.2) is 0 Å². The van der Waals surface area contributed by atoms with Gasteiger partial charge in [-0.1, -0.05) is 55.3 Å². The van der Waals surface area contributed by atoms with Crippen LogP contribution < -0.4 is 0 Å². The number of aryl methyl sites for hydroxylation is 1. The Morgan fingerprint density at radius 2 is 1.36 bits per heavy atom. The summed E-state index contributed by atoms with van der Waals surface area (Å²) in [6.45, 7) is 2.15. The van der Waals surface area contributed by atoms with Crippen molar-refractivity contribution in [1.29, 1.82) is 0 Å². The number of hydrogen-bond acceptors (Lipinski definition) is 3. The highest BCUT2D eigenvalue weighted by atomic mass is 16.3. The number of nitrogens with zero attached hydrogens (tertiary/aromatic N) is 1. The number of benzene rings is 4. The normalized spacial score (nSPS) is 14.8. The summed E-state index contributed by atoms with van der Waals surface area (Å²) < 4.78 is 13.0. The molecule has 1 fully saturated rings. The van der Waals surface area contributed by atoms with Crippen molar-refractivity contribution in [3.63, 3.8) is 0 Å². The van der Waals surface area contributed by atoms with Crippen LogP contribution in [0.15, 0.2) is 87.8 Å². The van der Waals surface area contributed by atoms with Crippen molar-refractivity contribution in [2.75, 3.05) is 0 Å². The summed E-state index contributed by atoms with van der Waals surface area (Å²) >= 11 is 0. The van der Waals surface area contributed by atoms with Crippen LogP contribution in [0, 0.1) is 6.92 Å². The molecule has 8 rings (SSSR count). The smallest absolute Gasteiger partial charge is 0.144 e. The van der Waals surface area contributed by atoms with Gasteiger partial charge in [0, 0.05) is 44.1 Å². The van der Waals surface area contributed by atoms with Gasteiger partial charge in [-0.05, 0) is 67.1 Å². The number of furan rings is 2. The van der Waals surface area contributed by atoms with Crippen LogP contribution in [0.25, 0.3) is 65.9 Å². The minimum absolute atomic E-state index is 0.525. The second-order valence-electron chi connectivity index (χ2n) is 10.3. The molecule has 36 heavy (non-hydrogen) atoms. The minimum atomic E-state index is 0.525. The number of pyridine rings is 1. The predicted octanol–water partition coefficient (Wildman–Crippen LogP) is 9.67. The van der Waals surface area contributed by atoms with E-state index >= 15 is 0 Å². The van der Waals surface area contributed by atoms with Crippen molar-refractivity contribution in [3.05, 3.63) is 90.1 Å². The van der Waals surface area contributed by atoms with E-state index in [1.807, 2.05) is 18.2 Å². The summed E-state index contributed by atoms with van der Waals surface area (Å²) in [7, 11) is 0. The van der Waals surface area contributed by atoms with E-state index in [0.717, 1.165) is 49.7 Å². The van der Waals surface area contributed by atoms with Crippen LogP contribution in [0.1, 0.15) is 42.7 Å². The van der Waals surface area contributed by atoms with Crippen molar-refractivity contribution in [3.8, 4) is 11.3 Å². The molecule has 0 bridgehead atoms. The molecule has 4 aromatic carbocycles. The van der Waals surface area contributed by atoms with E-state index in [1.165, 1.54) is 53.0 Å². The monoisotopic (exact) mass is 467 g/mol. The van der Waals surface area contributed by atoms with Crippen LogP contribution in [-0.4, -0.2) is 4.98 Å². The molecule has 0 atom stereocenters. The molecule has 3 heterocycles. The maximum absolute atomic E-state index is 6.56. The molecule has 0 N–H and O–H groups in total. The van der Waals surface area contributed by atoms with E-state index in [1.54, 1.807) is 0 Å². The van der Waals surface area contributed by atoms with Crippen molar-refractivity contribution in [2.24, 2.45) is 0 Å². The lowest BCUT2D eigenvalue weighted by molar-refractivity contribution is 0.668. The quantitative estimate of drug-likeness (QED) is 0.254. The lowest BCUT2D eigenvalue weighted by Crippen LogP contribution is -1.98. The van der Waals surface area contributed by atoms with Crippen molar-refractivity contribution >= 4 is 54.6 Å². The van der Waals surface area contributed by atoms with Crippen LogP contribution in [0.4, 0.5) is 0 Å². The maximum atomic E-state index is 6.56. The van der Waals surface area contributed by atoms with Crippen molar-refractivity contribution in [1.82, 2.24) is 4.98 Å². The molecular formula is C33H25NO2. The molecule has 3 aromatic heterocycles.